The van der Waals surface area contributed by atoms with Crippen molar-refractivity contribution in [2.24, 2.45) is 0 Å². The number of carbonyl (C=O) groups is 2. The van der Waals surface area contributed by atoms with Crippen LogP contribution in [0.5, 0.6) is 5.75 Å². The summed E-state index contributed by atoms with van der Waals surface area (Å²) in [6.07, 6.45) is 2.62. The van der Waals surface area contributed by atoms with Gasteiger partial charge in [0.15, 0.2) is 0 Å². The molecule has 3 aromatic rings. The first-order valence-electron chi connectivity index (χ1n) is 13.7. The third-order valence-electron chi connectivity index (χ3n) is 6.79. The van der Waals surface area contributed by atoms with Crippen molar-refractivity contribution in [3.8, 4) is 5.75 Å². The van der Waals surface area contributed by atoms with Crippen molar-refractivity contribution in [2.45, 2.75) is 62.5 Å². The number of carbonyl (C=O) groups excluding carboxylic acids is 2. The quantitative estimate of drug-likeness (QED) is 0.220. The van der Waals surface area contributed by atoms with Gasteiger partial charge in [-0.3, -0.25) is 13.9 Å². The molecule has 0 saturated heterocycles. The molecule has 226 valence electrons. The molecule has 0 saturated carbocycles. The Bertz CT molecular complexity index is 1450. The van der Waals surface area contributed by atoms with Crippen molar-refractivity contribution in [3.63, 3.8) is 0 Å². The number of ether oxygens (including phenoxy) is 1. The van der Waals surface area contributed by atoms with Crippen LogP contribution < -0.4 is 14.4 Å². The molecule has 2 atom stereocenters. The Morgan fingerprint density at radius 3 is 2.21 bits per heavy atom. The number of para-hydroxylation sites is 2. The lowest BCUT2D eigenvalue weighted by Gasteiger charge is -2.33. The van der Waals surface area contributed by atoms with E-state index in [-0.39, 0.29) is 29.1 Å². The molecule has 0 aliphatic heterocycles. The van der Waals surface area contributed by atoms with E-state index in [1.807, 2.05) is 20.1 Å². The first-order chi connectivity index (χ1) is 20.0. The fourth-order valence-electron chi connectivity index (χ4n) is 4.16. The molecule has 0 unspecified atom stereocenters. The maximum atomic E-state index is 14.1. The van der Waals surface area contributed by atoms with Crippen LogP contribution in [0.4, 0.5) is 5.69 Å². The molecular weight excluding hydrogens is 594 g/mol. The van der Waals surface area contributed by atoms with Crippen molar-refractivity contribution in [3.05, 3.63) is 83.4 Å². The van der Waals surface area contributed by atoms with Gasteiger partial charge in [-0.05, 0) is 87.5 Å². The number of halogens is 1. The Labute approximate surface area is 258 Å². The summed E-state index contributed by atoms with van der Waals surface area (Å²) >= 11 is 7.56. The van der Waals surface area contributed by atoms with Gasteiger partial charge in [-0.15, -0.1) is 11.8 Å². The fraction of sp³-hybridized carbons (Fsp3) is 0.355. The summed E-state index contributed by atoms with van der Waals surface area (Å²) in [6, 6.07) is 19.2. The summed E-state index contributed by atoms with van der Waals surface area (Å²) < 4.78 is 35.1. The number of nitrogens with one attached hydrogen (secondary N) is 1. The molecule has 11 heteroatoms. The normalized spacial score (nSPS) is 12.7. The molecular formula is C31H38ClN3O5S2. The lowest BCUT2D eigenvalue weighted by molar-refractivity contribution is -0.139. The summed E-state index contributed by atoms with van der Waals surface area (Å²) in [7, 11) is -4.22. The first-order valence-corrected chi connectivity index (χ1v) is 16.8. The second-order valence-corrected chi connectivity index (χ2v) is 12.9. The smallest absolute Gasteiger partial charge is 0.264 e. The minimum atomic E-state index is -4.22. The van der Waals surface area contributed by atoms with Crippen LogP contribution in [0.3, 0.4) is 0 Å². The third-order valence-corrected chi connectivity index (χ3v) is 9.56. The summed E-state index contributed by atoms with van der Waals surface area (Å²) in [6.45, 7) is 7.11. The first kappa shape index (κ1) is 33.3. The average Bonchev–Trinajstić information content (AvgIpc) is 2.99. The fourth-order valence-corrected chi connectivity index (χ4v) is 6.12. The Morgan fingerprint density at radius 2 is 1.62 bits per heavy atom. The molecule has 0 spiro atoms. The molecule has 3 aromatic carbocycles. The van der Waals surface area contributed by atoms with Crippen LogP contribution in [0.2, 0.25) is 5.02 Å². The van der Waals surface area contributed by atoms with E-state index in [1.165, 1.54) is 28.8 Å². The van der Waals surface area contributed by atoms with Gasteiger partial charge in [-0.25, -0.2) is 8.42 Å². The summed E-state index contributed by atoms with van der Waals surface area (Å²) in [5.74, 6) is -0.556. The van der Waals surface area contributed by atoms with Crippen molar-refractivity contribution >= 4 is 50.9 Å². The van der Waals surface area contributed by atoms with E-state index in [9.17, 15) is 18.0 Å². The molecule has 0 radical (unpaired) electrons. The highest BCUT2D eigenvalue weighted by Crippen LogP contribution is 2.33. The van der Waals surface area contributed by atoms with Gasteiger partial charge in [0, 0.05) is 22.5 Å². The van der Waals surface area contributed by atoms with Crippen LogP contribution >= 0.6 is 23.4 Å². The van der Waals surface area contributed by atoms with Crippen LogP contribution in [0, 0.1) is 0 Å². The maximum absolute atomic E-state index is 14.1. The van der Waals surface area contributed by atoms with E-state index in [0.717, 1.165) is 21.2 Å². The number of benzene rings is 3. The highest BCUT2D eigenvalue weighted by molar-refractivity contribution is 7.98. The predicted molar refractivity (Wildman–Crippen MR) is 170 cm³/mol. The largest absolute Gasteiger partial charge is 0.492 e. The van der Waals surface area contributed by atoms with Crippen molar-refractivity contribution in [2.75, 3.05) is 23.7 Å². The van der Waals surface area contributed by atoms with E-state index >= 15 is 0 Å². The number of anilines is 1. The summed E-state index contributed by atoms with van der Waals surface area (Å²) in [5.41, 5.74) is 0.970. The van der Waals surface area contributed by atoms with Crippen LogP contribution in [-0.4, -0.2) is 56.6 Å². The van der Waals surface area contributed by atoms with Gasteiger partial charge in [-0.1, -0.05) is 42.8 Å². The minimum absolute atomic E-state index is 0.0335. The number of thioether (sulfide) groups is 1. The standard InChI is InChI=1S/C31H38ClN3O5S2/c1-6-22(3)33-31(37)23(4)34(20-24-12-14-25(32)15-13-24)30(36)21-35(28-10-8-9-11-29(28)40-7-2)42(38,39)27-18-16-26(41-5)17-19-27/h8-19,22-23H,6-7,20-21H2,1-5H3,(H,33,37)/t22-,23-/m1/s1. The highest BCUT2D eigenvalue weighted by atomic mass is 35.5. The van der Waals surface area contributed by atoms with Gasteiger partial charge in [-0.2, -0.15) is 0 Å². The van der Waals surface area contributed by atoms with E-state index in [2.05, 4.69) is 5.32 Å². The van der Waals surface area contributed by atoms with E-state index in [1.54, 1.807) is 74.5 Å². The second-order valence-electron chi connectivity index (χ2n) is 9.73. The number of sulfonamides is 1. The number of amides is 2. The van der Waals surface area contributed by atoms with Crippen molar-refractivity contribution < 1.29 is 22.7 Å². The van der Waals surface area contributed by atoms with Crippen molar-refractivity contribution in [1.82, 2.24) is 10.2 Å². The lowest BCUT2D eigenvalue weighted by atomic mass is 10.1. The molecule has 0 aromatic heterocycles. The highest BCUT2D eigenvalue weighted by Gasteiger charge is 2.34. The van der Waals surface area contributed by atoms with Crippen LogP contribution in [0.25, 0.3) is 0 Å². The number of nitrogens with zero attached hydrogens (tertiary/aromatic N) is 2. The second kappa shape index (κ2) is 15.3. The van der Waals surface area contributed by atoms with E-state index in [4.69, 9.17) is 16.3 Å². The summed E-state index contributed by atoms with van der Waals surface area (Å²) in [4.78, 5) is 29.6. The third kappa shape index (κ3) is 8.42. The van der Waals surface area contributed by atoms with Gasteiger partial charge >= 0.3 is 0 Å². The van der Waals surface area contributed by atoms with Crippen LogP contribution in [-0.2, 0) is 26.2 Å². The van der Waals surface area contributed by atoms with E-state index < -0.39 is 28.5 Å². The van der Waals surface area contributed by atoms with Crippen LogP contribution in [0.1, 0.15) is 39.7 Å². The predicted octanol–water partition coefficient (Wildman–Crippen LogP) is 5.99. The van der Waals surface area contributed by atoms with Crippen molar-refractivity contribution in [1.29, 1.82) is 0 Å². The molecule has 0 bridgehead atoms. The Balaban J connectivity index is 2.07. The zero-order valence-corrected chi connectivity index (χ0v) is 26.9. The van der Waals surface area contributed by atoms with Gasteiger partial charge < -0.3 is 15.0 Å². The molecule has 0 heterocycles. The Kier molecular flexibility index (Phi) is 12.1. The Hall–Kier alpha value is -3.21. The minimum Gasteiger partial charge on any atom is -0.492 e. The number of hydrogen-bond donors (Lipinski definition) is 1. The molecule has 0 aliphatic carbocycles. The van der Waals surface area contributed by atoms with Gasteiger partial charge in [0.25, 0.3) is 10.0 Å². The zero-order valence-electron chi connectivity index (χ0n) is 24.5. The topological polar surface area (TPSA) is 96.0 Å². The van der Waals surface area contributed by atoms with Gasteiger partial charge in [0.05, 0.1) is 17.2 Å². The molecule has 8 nitrogen and oxygen atoms in total. The molecule has 42 heavy (non-hydrogen) atoms. The molecule has 3 rings (SSSR count). The molecule has 0 fully saturated rings. The van der Waals surface area contributed by atoms with Gasteiger partial charge in [0.2, 0.25) is 11.8 Å². The molecule has 0 aliphatic rings. The monoisotopic (exact) mass is 631 g/mol. The average molecular weight is 632 g/mol. The van der Waals surface area contributed by atoms with Crippen LogP contribution in [0.15, 0.2) is 82.6 Å². The van der Waals surface area contributed by atoms with E-state index in [0.29, 0.717) is 17.4 Å². The Morgan fingerprint density at radius 1 is 0.976 bits per heavy atom. The summed E-state index contributed by atoms with van der Waals surface area (Å²) in [5, 5.41) is 3.47. The zero-order chi connectivity index (χ0) is 30.9. The lowest BCUT2D eigenvalue weighted by Crippen LogP contribution is -2.52. The molecule has 1 N–H and O–H groups in total. The SMILES string of the molecule is CCOc1ccccc1N(CC(=O)N(Cc1ccc(Cl)cc1)[C@H](C)C(=O)N[C@H](C)CC)S(=O)(=O)c1ccc(SC)cc1. The molecule has 2 amide bonds. The number of rotatable bonds is 14. The van der Waals surface area contributed by atoms with Gasteiger partial charge in [0.1, 0.15) is 18.3 Å². The maximum Gasteiger partial charge on any atom is 0.264 e. The number of hydrogen-bond acceptors (Lipinski definition) is 6.